The molecule has 0 saturated carbocycles. The van der Waals surface area contributed by atoms with E-state index in [1.165, 1.54) is 18.7 Å². The average molecular weight is 301 g/mol. The summed E-state index contributed by atoms with van der Waals surface area (Å²) in [6.07, 6.45) is 10.0. The molecule has 116 valence electrons. The molecule has 3 rings (SSSR count). The number of aromatic nitrogens is 4. The van der Waals surface area contributed by atoms with Gasteiger partial charge in [0.1, 0.15) is 18.3 Å². The van der Waals surface area contributed by atoms with E-state index in [1.807, 2.05) is 17.8 Å². The Morgan fingerprint density at radius 1 is 1.45 bits per heavy atom. The highest BCUT2D eigenvalue weighted by Gasteiger charge is 2.30. The fraction of sp³-hybridized carbons (Fsp3) is 0.467. The summed E-state index contributed by atoms with van der Waals surface area (Å²) in [6.45, 7) is 1.28. The van der Waals surface area contributed by atoms with Crippen molar-refractivity contribution in [2.75, 3.05) is 13.2 Å². The maximum atomic E-state index is 12.1. The molecule has 7 heteroatoms. The lowest BCUT2D eigenvalue weighted by Crippen LogP contribution is -2.36. The van der Waals surface area contributed by atoms with Gasteiger partial charge >= 0.3 is 0 Å². The van der Waals surface area contributed by atoms with Gasteiger partial charge in [0.25, 0.3) is 5.91 Å². The Morgan fingerprint density at radius 2 is 2.27 bits per heavy atom. The van der Waals surface area contributed by atoms with Crippen LogP contribution in [0.2, 0.25) is 0 Å². The van der Waals surface area contributed by atoms with Crippen LogP contribution in [-0.4, -0.2) is 38.6 Å². The number of nitrogens with zero attached hydrogens (tertiary/aromatic N) is 4. The number of hydrogen-bond donors (Lipinski definition) is 1. The van der Waals surface area contributed by atoms with Gasteiger partial charge in [-0.3, -0.25) is 4.79 Å². The summed E-state index contributed by atoms with van der Waals surface area (Å²) >= 11 is 0. The Bertz CT molecular complexity index is 628. The fourth-order valence-corrected chi connectivity index (χ4v) is 2.73. The third-order valence-electron chi connectivity index (χ3n) is 3.91. The maximum Gasteiger partial charge on any atom is 0.254 e. The number of hydrogen-bond acceptors (Lipinski definition) is 5. The minimum atomic E-state index is -0.162. The number of carbonyl (C=O) groups excluding carboxylic acids is 1. The number of nitrogens with one attached hydrogen (secondary N) is 1. The first-order valence-corrected chi connectivity index (χ1v) is 7.37. The van der Waals surface area contributed by atoms with Gasteiger partial charge in [-0.25, -0.2) is 15.0 Å². The van der Waals surface area contributed by atoms with E-state index in [-0.39, 0.29) is 17.9 Å². The minimum absolute atomic E-state index is 0.0823. The van der Waals surface area contributed by atoms with E-state index < -0.39 is 0 Å². The minimum Gasteiger partial charge on any atom is -0.370 e. The number of imidazole rings is 1. The lowest BCUT2D eigenvalue weighted by Gasteiger charge is -2.31. The van der Waals surface area contributed by atoms with Crippen molar-refractivity contribution in [2.45, 2.75) is 18.9 Å². The van der Waals surface area contributed by atoms with Crippen molar-refractivity contribution in [2.24, 2.45) is 13.0 Å². The Balaban J connectivity index is 1.65. The molecule has 0 radical (unpaired) electrons. The summed E-state index contributed by atoms with van der Waals surface area (Å²) < 4.78 is 7.86. The van der Waals surface area contributed by atoms with Crippen LogP contribution in [0, 0.1) is 5.92 Å². The topological polar surface area (TPSA) is 81.9 Å². The van der Waals surface area contributed by atoms with Gasteiger partial charge in [-0.05, 0) is 12.8 Å². The normalized spacial score (nSPS) is 21.5. The molecule has 1 amide bonds. The fourth-order valence-electron chi connectivity index (χ4n) is 2.73. The molecule has 0 bridgehead atoms. The lowest BCUT2D eigenvalue weighted by molar-refractivity contribution is -0.0337. The van der Waals surface area contributed by atoms with Gasteiger partial charge in [-0.1, -0.05) is 0 Å². The first-order valence-electron chi connectivity index (χ1n) is 7.37. The molecule has 0 aliphatic carbocycles. The Kier molecular flexibility index (Phi) is 4.43. The molecular formula is C15H19N5O2. The summed E-state index contributed by atoms with van der Waals surface area (Å²) in [7, 11) is 1.96. The van der Waals surface area contributed by atoms with Crippen LogP contribution in [0.15, 0.2) is 31.1 Å². The summed E-state index contributed by atoms with van der Waals surface area (Å²) in [5.41, 5.74) is 0.466. The molecule has 7 nitrogen and oxygen atoms in total. The Labute approximate surface area is 128 Å². The molecule has 3 heterocycles. The summed E-state index contributed by atoms with van der Waals surface area (Å²) in [5, 5.41) is 2.94. The van der Waals surface area contributed by atoms with E-state index in [1.54, 1.807) is 6.20 Å². The van der Waals surface area contributed by atoms with Gasteiger partial charge in [0.15, 0.2) is 0 Å². The molecule has 1 N–H and O–H groups in total. The second-order valence-corrected chi connectivity index (χ2v) is 5.43. The SMILES string of the molecule is Cn1ccnc1[C@@H]1OCCC[C@H]1CNC(=O)c1cncnc1. The van der Waals surface area contributed by atoms with Crippen molar-refractivity contribution >= 4 is 5.91 Å². The molecule has 2 atom stereocenters. The van der Waals surface area contributed by atoms with Crippen LogP contribution in [0.5, 0.6) is 0 Å². The van der Waals surface area contributed by atoms with E-state index in [0.29, 0.717) is 12.1 Å². The molecule has 1 saturated heterocycles. The Morgan fingerprint density at radius 3 is 3.00 bits per heavy atom. The van der Waals surface area contributed by atoms with Crippen molar-refractivity contribution < 1.29 is 9.53 Å². The maximum absolute atomic E-state index is 12.1. The molecule has 1 aliphatic rings. The summed E-state index contributed by atoms with van der Waals surface area (Å²) in [6, 6.07) is 0. The zero-order valence-corrected chi connectivity index (χ0v) is 12.5. The molecule has 0 aromatic carbocycles. The Hall–Kier alpha value is -2.28. The van der Waals surface area contributed by atoms with Crippen molar-refractivity contribution in [1.29, 1.82) is 0 Å². The molecule has 1 aliphatic heterocycles. The van der Waals surface area contributed by atoms with Crippen molar-refractivity contribution in [1.82, 2.24) is 24.8 Å². The number of ether oxygens (including phenoxy) is 1. The number of rotatable bonds is 4. The van der Waals surface area contributed by atoms with Gasteiger partial charge in [0, 0.05) is 50.9 Å². The van der Waals surface area contributed by atoms with Crippen LogP contribution in [-0.2, 0) is 11.8 Å². The second-order valence-electron chi connectivity index (χ2n) is 5.43. The highest BCUT2D eigenvalue weighted by atomic mass is 16.5. The average Bonchev–Trinajstić information content (AvgIpc) is 2.99. The number of amides is 1. The zero-order valence-electron chi connectivity index (χ0n) is 12.5. The highest BCUT2D eigenvalue weighted by Crippen LogP contribution is 2.32. The molecule has 2 aromatic rings. The molecule has 0 unspecified atom stereocenters. The predicted molar refractivity (Wildman–Crippen MR) is 79.0 cm³/mol. The number of aryl methyl sites for hydroxylation is 1. The van der Waals surface area contributed by atoms with Crippen LogP contribution < -0.4 is 5.32 Å². The summed E-state index contributed by atoms with van der Waals surface area (Å²) in [4.78, 5) is 24.2. The van der Waals surface area contributed by atoms with Crippen molar-refractivity contribution in [3.63, 3.8) is 0 Å². The van der Waals surface area contributed by atoms with Crippen molar-refractivity contribution in [3.05, 3.63) is 42.5 Å². The third-order valence-corrected chi connectivity index (χ3v) is 3.91. The monoisotopic (exact) mass is 301 g/mol. The van der Waals surface area contributed by atoms with Gasteiger partial charge in [0.2, 0.25) is 0 Å². The van der Waals surface area contributed by atoms with E-state index in [4.69, 9.17) is 4.74 Å². The van der Waals surface area contributed by atoms with Gasteiger partial charge < -0.3 is 14.6 Å². The van der Waals surface area contributed by atoms with E-state index in [2.05, 4.69) is 20.3 Å². The zero-order chi connectivity index (χ0) is 15.4. The third kappa shape index (κ3) is 3.14. The molecule has 2 aromatic heterocycles. The highest BCUT2D eigenvalue weighted by molar-refractivity contribution is 5.93. The van der Waals surface area contributed by atoms with Gasteiger partial charge in [0.05, 0.1) is 5.56 Å². The van der Waals surface area contributed by atoms with Crippen LogP contribution in [0.1, 0.15) is 35.1 Å². The standard InChI is InChI=1S/C15H19N5O2/c1-20-5-4-18-14(20)13-11(3-2-6-22-13)9-19-15(21)12-7-16-10-17-8-12/h4-5,7-8,10-11,13H,2-3,6,9H2,1H3,(H,19,21)/t11-,13+/m0/s1. The lowest BCUT2D eigenvalue weighted by atomic mass is 9.93. The van der Waals surface area contributed by atoms with E-state index in [9.17, 15) is 4.79 Å². The van der Waals surface area contributed by atoms with Crippen molar-refractivity contribution in [3.8, 4) is 0 Å². The predicted octanol–water partition coefficient (Wildman–Crippen LogP) is 1.11. The largest absolute Gasteiger partial charge is 0.370 e. The quantitative estimate of drug-likeness (QED) is 0.914. The van der Waals surface area contributed by atoms with E-state index >= 15 is 0 Å². The summed E-state index contributed by atoms with van der Waals surface area (Å²) in [5.74, 6) is 0.954. The van der Waals surface area contributed by atoms with Gasteiger partial charge in [-0.15, -0.1) is 0 Å². The first kappa shape index (κ1) is 14.6. The smallest absolute Gasteiger partial charge is 0.254 e. The molecule has 0 spiro atoms. The van der Waals surface area contributed by atoms with Crippen LogP contribution in [0.4, 0.5) is 0 Å². The van der Waals surface area contributed by atoms with Crippen LogP contribution >= 0.6 is 0 Å². The molecular weight excluding hydrogens is 282 g/mol. The van der Waals surface area contributed by atoms with Crippen LogP contribution in [0.25, 0.3) is 0 Å². The van der Waals surface area contributed by atoms with Crippen LogP contribution in [0.3, 0.4) is 0 Å². The molecule has 22 heavy (non-hydrogen) atoms. The van der Waals surface area contributed by atoms with Gasteiger partial charge in [-0.2, -0.15) is 0 Å². The van der Waals surface area contributed by atoms with E-state index in [0.717, 1.165) is 25.3 Å². The second kappa shape index (κ2) is 6.65. The molecule has 1 fully saturated rings. The first-order chi connectivity index (χ1) is 10.8. The number of carbonyl (C=O) groups is 1.